The lowest BCUT2D eigenvalue weighted by atomic mass is 10.1. The molecular formula is C23H27NSi. The van der Waals surface area contributed by atoms with Crippen LogP contribution in [0, 0.1) is 0 Å². The van der Waals surface area contributed by atoms with E-state index in [1.54, 1.807) is 0 Å². The van der Waals surface area contributed by atoms with Crippen LogP contribution in [0.2, 0.25) is 25.7 Å². The van der Waals surface area contributed by atoms with Crippen molar-refractivity contribution < 1.29 is 0 Å². The van der Waals surface area contributed by atoms with Gasteiger partial charge in [0.2, 0.25) is 0 Å². The van der Waals surface area contributed by atoms with Crippen molar-refractivity contribution in [2.24, 2.45) is 0 Å². The highest BCUT2D eigenvalue weighted by Gasteiger charge is 2.14. The zero-order chi connectivity index (χ0) is 17.7. The molecule has 0 N–H and O–H groups in total. The molecule has 25 heavy (non-hydrogen) atoms. The minimum Gasteiger partial charge on any atom is -0.311 e. The molecule has 0 saturated carbocycles. The Bertz CT molecular complexity index is 734. The summed E-state index contributed by atoms with van der Waals surface area (Å²) in [6, 6.07) is 31.5. The molecule has 0 atom stereocenters. The van der Waals surface area contributed by atoms with E-state index in [0.29, 0.717) is 0 Å². The van der Waals surface area contributed by atoms with E-state index in [4.69, 9.17) is 0 Å². The third-order valence-electron chi connectivity index (χ3n) is 4.39. The molecule has 0 aliphatic rings. The number of anilines is 3. The second-order valence-corrected chi connectivity index (χ2v) is 13.4. The summed E-state index contributed by atoms with van der Waals surface area (Å²) in [5, 5.41) is 0. The van der Waals surface area contributed by atoms with Crippen molar-refractivity contribution in [1.29, 1.82) is 0 Å². The first-order chi connectivity index (χ1) is 12.0. The maximum atomic E-state index is 2.44. The average molecular weight is 346 g/mol. The van der Waals surface area contributed by atoms with Gasteiger partial charge >= 0.3 is 0 Å². The fourth-order valence-electron chi connectivity index (χ4n) is 2.93. The van der Waals surface area contributed by atoms with Gasteiger partial charge in [0, 0.05) is 25.1 Å². The van der Waals surface area contributed by atoms with E-state index in [1.807, 2.05) is 0 Å². The molecule has 3 rings (SSSR count). The lowest BCUT2D eigenvalue weighted by Crippen LogP contribution is -2.19. The van der Waals surface area contributed by atoms with Crippen molar-refractivity contribution in [3.8, 4) is 0 Å². The summed E-state index contributed by atoms with van der Waals surface area (Å²) in [6.45, 7) is 7.32. The van der Waals surface area contributed by atoms with Crippen LogP contribution < -0.4 is 4.90 Å². The summed E-state index contributed by atoms with van der Waals surface area (Å²) in [6.07, 6.45) is 1.19. The van der Waals surface area contributed by atoms with Crippen LogP contribution in [-0.2, 0) is 6.42 Å². The van der Waals surface area contributed by atoms with E-state index in [9.17, 15) is 0 Å². The molecule has 0 aliphatic carbocycles. The van der Waals surface area contributed by atoms with Gasteiger partial charge in [-0.05, 0) is 48.4 Å². The summed E-state index contributed by atoms with van der Waals surface area (Å²) in [5.41, 5.74) is 5.01. The predicted molar refractivity (Wildman–Crippen MR) is 113 cm³/mol. The molecular weight excluding hydrogens is 318 g/mol. The number of hydrogen-bond acceptors (Lipinski definition) is 1. The van der Waals surface area contributed by atoms with Gasteiger partial charge in [0.25, 0.3) is 0 Å². The number of hydrogen-bond donors (Lipinski definition) is 0. The number of para-hydroxylation sites is 2. The Kier molecular flexibility index (Phi) is 5.39. The lowest BCUT2D eigenvalue weighted by molar-refractivity contribution is 1.09. The predicted octanol–water partition coefficient (Wildman–Crippen LogP) is 7.04. The van der Waals surface area contributed by atoms with E-state index in [2.05, 4.69) is 109 Å². The minimum absolute atomic E-state index is 0.991. The van der Waals surface area contributed by atoms with E-state index in [1.165, 1.54) is 35.1 Å². The van der Waals surface area contributed by atoms with Crippen molar-refractivity contribution >= 4 is 25.1 Å². The number of rotatable bonds is 6. The van der Waals surface area contributed by atoms with Crippen molar-refractivity contribution in [2.45, 2.75) is 32.1 Å². The highest BCUT2D eigenvalue weighted by molar-refractivity contribution is 6.76. The molecule has 0 unspecified atom stereocenters. The van der Waals surface area contributed by atoms with Crippen molar-refractivity contribution in [3.05, 3.63) is 90.5 Å². The van der Waals surface area contributed by atoms with Gasteiger partial charge in [-0.1, -0.05) is 74.2 Å². The van der Waals surface area contributed by atoms with E-state index in [-0.39, 0.29) is 0 Å². The second-order valence-electron chi connectivity index (χ2n) is 7.73. The number of nitrogens with zero attached hydrogens (tertiary/aromatic N) is 1. The molecule has 0 heterocycles. The fraction of sp³-hybridized carbons (Fsp3) is 0.217. The lowest BCUT2D eigenvalue weighted by Gasteiger charge is -2.25. The Hall–Kier alpha value is -2.32. The van der Waals surface area contributed by atoms with Crippen molar-refractivity contribution in [3.63, 3.8) is 0 Å². The molecule has 2 heteroatoms. The summed E-state index contributed by atoms with van der Waals surface area (Å²) >= 11 is 0. The third-order valence-corrected chi connectivity index (χ3v) is 6.14. The standard InChI is InChI=1S/C23H27NSi/c1-25(2,3)19-18-20-14-16-23(17-15-20)24(21-10-6-4-7-11-21)22-12-8-5-9-13-22/h4-17H,18-19H2,1-3H3. The first-order valence-electron chi connectivity index (χ1n) is 9.02. The SMILES string of the molecule is C[Si](C)(C)CCc1ccc(N(c2ccccc2)c2ccccc2)cc1. The van der Waals surface area contributed by atoms with Crippen LogP contribution in [0.4, 0.5) is 17.1 Å². The summed E-state index contributed by atoms with van der Waals surface area (Å²) in [7, 11) is -0.991. The monoisotopic (exact) mass is 345 g/mol. The van der Waals surface area contributed by atoms with Gasteiger partial charge < -0.3 is 4.90 Å². The van der Waals surface area contributed by atoms with Gasteiger partial charge in [0.1, 0.15) is 0 Å². The quantitative estimate of drug-likeness (QED) is 0.433. The van der Waals surface area contributed by atoms with Crippen LogP contribution in [0.3, 0.4) is 0 Å². The van der Waals surface area contributed by atoms with Gasteiger partial charge in [0.05, 0.1) is 0 Å². The Morgan fingerprint density at radius 2 is 1.04 bits per heavy atom. The average Bonchev–Trinajstić information content (AvgIpc) is 2.62. The largest absolute Gasteiger partial charge is 0.311 e. The topological polar surface area (TPSA) is 3.24 Å². The maximum Gasteiger partial charge on any atom is 0.0461 e. The van der Waals surface area contributed by atoms with Gasteiger partial charge in [-0.3, -0.25) is 0 Å². The van der Waals surface area contributed by atoms with Gasteiger partial charge in [0.15, 0.2) is 0 Å². The minimum atomic E-state index is -0.991. The van der Waals surface area contributed by atoms with E-state index < -0.39 is 8.07 Å². The molecule has 1 nitrogen and oxygen atoms in total. The highest BCUT2D eigenvalue weighted by atomic mass is 28.3. The fourth-order valence-corrected chi connectivity index (χ4v) is 3.97. The van der Waals surface area contributed by atoms with Crippen LogP contribution in [0.15, 0.2) is 84.9 Å². The zero-order valence-corrected chi connectivity index (χ0v) is 16.4. The molecule has 0 aliphatic heterocycles. The van der Waals surface area contributed by atoms with Gasteiger partial charge in [-0.15, -0.1) is 0 Å². The van der Waals surface area contributed by atoms with Crippen LogP contribution in [-0.4, -0.2) is 8.07 Å². The molecule has 128 valence electrons. The Labute approximate surface area is 153 Å². The van der Waals surface area contributed by atoms with E-state index >= 15 is 0 Å². The molecule has 0 radical (unpaired) electrons. The smallest absolute Gasteiger partial charge is 0.0461 e. The zero-order valence-electron chi connectivity index (χ0n) is 15.4. The first kappa shape index (κ1) is 17.5. The molecule has 0 amide bonds. The normalized spacial score (nSPS) is 11.3. The van der Waals surface area contributed by atoms with Crippen LogP contribution in [0.1, 0.15) is 5.56 Å². The third kappa shape index (κ3) is 4.83. The van der Waals surface area contributed by atoms with Crippen LogP contribution >= 0.6 is 0 Å². The van der Waals surface area contributed by atoms with Crippen molar-refractivity contribution in [1.82, 2.24) is 0 Å². The summed E-state index contributed by atoms with van der Waals surface area (Å²) in [4.78, 5) is 2.31. The summed E-state index contributed by atoms with van der Waals surface area (Å²) in [5.74, 6) is 0. The second kappa shape index (κ2) is 7.71. The molecule has 0 aromatic heterocycles. The van der Waals surface area contributed by atoms with Gasteiger partial charge in [-0.2, -0.15) is 0 Å². The molecule has 0 fully saturated rings. The highest BCUT2D eigenvalue weighted by Crippen LogP contribution is 2.34. The Morgan fingerprint density at radius 1 is 0.600 bits per heavy atom. The Balaban J connectivity index is 1.89. The Morgan fingerprint density at radius 3 is 1.48 bits per heavy atom. The molecule has 0 saturated heterocycles. The molecule has 3 aromatic rings. The summed E-state index contributed by atoms with van der Waals surface area (Å²) < 4.78 is 0. The van der Waals surface area contributed by atoms with Gasteiger partial charge in [-0.25, -0.2) is 0 Å². The molecule has 0 bridgehead atoms. The molecule has 0 spiro atoms. The molecule has 3 aromatic carbocycles. The van der Waals surface area contributed by atoms with Crippen LogP contribution in [0.5, 0.6) is 0 Å². The van der Waals surface area contributed by atoms with Crippen LogP contribution in [0.25, 0.3) is 0 Å². The van der Waals surface area contributed by atoms with E-state index in [0.717, 1.165) is 0 Å². The maximum absolute atomic E-state index is 2.44. The number of benzene rings is 3. The first-order valence-corrected chi connectivity index (χ1v) is 12.7. The number of aryl methyl sites for hydroxylation is 1. The van der Waals surface area contributed by atoms with Crippen molar-refractivity contribution in [2.75, 3.05) is 4.90 Å².